The number of amides is 1. The smallest absolute Gasteiger partial charge is 0.417 e. The lowest BCUT2D eigenvalue weighted by atomic mass is 10.2. The number of carbonyl (C=O) groups is 2. The lowest BCUT2D eigenvalue weighted by Gasteiger charge is -2.25. The third-order valence-corrected chi connectivity index (χ3v) is 5.60. The summed E-state index contributed by atoms with van der Waals surface area (Å²) in [5.74, 6) is -2.02. The van der Waals surface area contributed by atoms with E-state index in [0.717, 1.165) is 30.0 Å². The van der Waals surface area contributed by atoms with E-state index in [1.165, 1.54) is 0 Å². The van der Waals surface area contributed by atoms with Crippen molar-refractivity contribution in [3.05, 3.63) is 29.8 Å². The first-order valence-corrected chi connectivity index (χ1v) is 9.15. The van der Waals surface area contributed by atoms with Gasteiger partial charge in [0.1, 0.15) is 6.04 Å². The maximum absolute atomic E-state index is 13.0. The number of benzene rings is 1. The number of aliphatic carboxylic acids is 1. The van der Waals surface area contributed by atoms with Gasteiger partial charge in [-0.25, -0.2) is 13.2 Å². The molecular formula is C15H17F3N2O5S. The van der Waals surface area contributed by atoms with Crippen LogP contribution in [0.5, 0.6) is 0 Å². The summed E-state index contributed by atoms with van der Waals surface area (Å²) in [6.07, 6.45) is -4.21. The number of hydrogen-bond acceptors (Lipinski definition) is 4. The number of nitrogens with zero attached hydrogens (tertiary/aromatic N) is 1. The molecule has 1 aromatic carbocycles. The Bertz CT molecular complexity index is 810. The number of sulfonamides is 1. The number of carboxylic acid groups (broad SMARTS) is 1. The van der Waals surface area contributed by atoms with Crippen molar-refractivity contribution in [3.63, 3.8) is 0 Å². The van der Waals surface area contributed by atoms with E-state index in [2.05, 4.69) is 0 Å². The molecule has 0 saturated carbocycles. The second-order valence-corrected chi connectivity index (χ2v) is 7.55. The average Bonchev–Trinajstić information content (AvgIpc) is 3.02. The second kappa shape index (κ2) is 7.23. The van der Waals surface area contributed by atoms with Crippen molar-refractivity contribution in [1.82, 2.24) is 9.62 Å². The van der Waals surface area contributed by atoms with E-state index in [-0.39, 0.29) is 13.0 Å². The molecule has 0 spiro atoms. The number of likely N-dealkylation sites (tertiary alicyclic amines) is 1. The van der Waals surface area contributed by atoms with Crippen LogP contribution in [0.25, 0.3) is 0 Å². The van der Waals surface area contributed by atoms with E-state index in [4.69, 9.17) is 5.11 Å². The first-order valence-electron chi connectivity index (χ1n) is 7.67. The van der Waals surface area contributed by atoms with Crippen molar-refractivity contribution in [2.24, 2.45) is 0 Å². The zero-order valence-electron chi connectivity index (χ0n) is 13.7. The topological polar surface area (TPSA) is 104 Å². The monoisotopic (exact) mass is 394 g/mol. The average molecular weight is 394 g/mol. The highest BCUT2D eigenvalue weighted by Crippen LogP contribution is 2.34. The Labute approximate surface area is 147 Å². The molecule has 1 amide bonds. The summed E-state index contributed by atoms with van der Waals surface area (Å²) in [6.45, 7) is 1.30. The summed E-state index contributed by atoms with van der Waals surface area (Å²) in [7, 11) is -4.65. The van der Waals surface area contributed by atoms with E-state index in [1.807, 2.05) is 4.72 Å². The van der Waals surface area contributed by atoms with Crippen molar-refractivity contribution >= 4 is 21.9 Å². The molecule has 0 radical (unpaired) electrons. The van der Waals surface area contributed by atoms with E-state index in [0.29, 0.717) is 12.5 Å². The first-order chi connectivity index (χ1) is 11.9. The van der Waals surface area contributed by atoms with Gasteiger partial charge in [-0.1, -0.05) is 12.1 Å². The number of halogens is 3. The Kier molecular flexibility index (Phi) is 5.61. The van der Waals surface area contributed by atoms with Crippen LogP contribution < -0.4 is 4.72 Å². The van der Waals surface area contributed by atoms with Crippen LogP contribution in [-0.4, -0.2) is 48.9 Å². The summed E-state index contributed by atoms with van der Waals surface area (Å²) >= 11 is 0. The molecule has 144 valence electrons. The summed E-state index contributed by atoms with van der Waals surface area (Å²) in [5, 5.41) is 9.09. The highest BCUT2D eigenvalue weighted by Gasteiger charge is 2.40. The summed E-state index contributed by atoms with van der Waals surface area (Å²) in [6, 6.07) is 1.12. The normalized spacial score (nSPS) is 19.4. The van der Waals surface area contributed by atoms with Crippen LogP contribution in [0.15, 0.2) is 29.2 Å². The Balaban J connectivity index is 2.25. The Morgan fingerprint density at radius 2 is 1.92 bits per heavy atom. The van der Waals surface area contributed by atoms with E-state index in [9.17, 15) is 31.2 Å². The molecule has 0 aromatic heterocycles. The van der Waals surface area contributed by atoms with Crippen molar-refractivity contribution in [1.29, 1.82) is 0 Å². The van der Waals surface area contributed by atoms with Gasteiger partial charge in [0.25, 0.3) is 0 Å². The first kappa shape index (κ1) is 20.2. The molecule has 7 nitrogen and oxygen atoms in total. The quantitative estimate of drug-likeness (QED) is 0.787. The van der Waals surface area contributed by atoms with Crippen molar-refractivity contribution < 1.29 is 36.3 Å². The van der Waals surface area contributed by atoms with E-state index in [1.54, 1.807) is 0 Å². The lowest BCUT2D eigenvalue weighted by molar-refractivity contribution is -0.148. The summed E-state index contributed by atoms with van der Waals surface area (Å²) in [5.41, 5.74) is -1.35. The molecule has 1 aliphatic rings. The molecule has 1 fully saturated rings. The van der Waals surface area contributed by atoms with Crippen molar-refractivity contribution in [2.45, 2.75) is 42.9 Å². The molecule has 0 bridgehead atoms. The minimum Gasteiger partial charge on any atom is -0.480 e. The van der Waals surface area contributed by atoms with Crippen LogP contribution in [0.1, 0.15) is 25.3 Å². The molecule has 1 heterocycles. The summed E-state index contributed by atoms with van der Waals surface area (Å²) < 4.78 is 65.7. The minimum atomic E-state index is -4.89. The van der Waals surface area contributed by atoms with Crippen LogP contribution >= 0.6 is 0 Å². The fraction of sp³-hybridized carbons (Fsp3) is 0.467. The maximum Gasteiger partial charge on any atom is 0.417 e. The van der Waals surface area contributed by atoms with Gasteiger partial charge >= 0.3 is 12.1 Å². The number of rotatable bonds is 5. The highest BCUT2D eigenvalue weighted by atomic mass is 32.2. The molecule has 0 aliphatic carbocycles. The number of carboxylic acids is 1. The minimum absolute atomic E-state index is 0.140. The fourth-order valence-corrected chi connectivity index (χ4v) is 4.24. The number of carbonyl (C=O) groups excluding carboxylic acids is 1. The van der Waals surface area contributed by atoms with Gasteiger partial charge in [-0.2, -0.15) is 17.9 Å². The molecule has 1 aromatic rings. The largest absolute Gasteiger partial charge is 0.480 e. The van der Waals surface area contributed by atoms with Gasteiger partial charge in [-0.15, -0.1) is 0 Å². The van der Waals surface area contributed by atoms with Gasteiger partial charge in [-0.05, 0) is 31.9 Å². The fourth-order valence-electron chi connectivity index (χ4n) is 2.82. The van der Waals surface area contributed by atoms with Crippen LogP contribution in [-0.2, 0) is 25.8 Å². The standard InChI is InChI=1S/C15H17F3N2O5S/c1-9(13(21)20-8-4-6-11(20)14(22)23)19-26(24,25)12-7-3-2-5-10(12)15(16,17)18/h2-3,5,7,9,11,19H,4,6,8H2,1H3,(H,22,23)/t9?,11-/m1/s1. The molecule has 2 N–H and O–H groups in total. The van der Waals surface area contributed by atoms with E-state index < -0.39 is 50.6 Å². The third-order valence-electron chi connectivity index (χ3n) is 4.01. The SMILES string of the molecule is CC(NS(=O)(=O)c1ccccc1C(F)(F)F)C(=O)N1CCC[C@@H]1C(=O)O. The van der Waals surface area contributed by atoms with Crippen molar-refractivity contribution in [2.75, 3.05) is 6.54 Å². The molecule has 11 heteroatoms. The van der Waals surface area contributed by atoms with Gasteiger partial charge in [-0.3, -0.25) is 4.79 Å². The Hall–Kier alpha value is -2.14. The van der Waals surface area contributed by atoms with Gasteiger partial charge in [0, 0.05) is 6.54 Å². The van der Waals surface area contributed by atoms with Crippen LogP contribution in [0.2, 0.25) is 0 Å². The lowest BCUT2D eigenvalue weighted by Crippen LogP contribution is -2.50. The predicted octanol–water partition coefficient (Wildman–Crippen LogP) is 1.45. The van der Waals surface area contributed by atoms with Crippen LogP contribution in [0.4, 0.5) is 13.2 Å². The molecule has 2 atom stereocenters. The van der Waals surface area contributed by atoms with Gasteiger partial charge in [0.05, 0.1) is 16.5 Å². The van der Waals surface area contributed by atoms with Crippen molar-refractivity contribution in [3.8, 4) is 0 Å². The molecule has 1 saturated heterocycles. The number of alkyl halides is 3. The zero-order chi connectivity index (χ0) is 19.7. The van der Waals surface area contributed by atoms with Gasteiger partial charge < -0.3 is 10.0 Å². The molecule has 2 rings (SSSR count). The number of hydrogen-bond donors (Lipinski definition) is 2. The Morgan fingerprint density at radius 3 is 2.50 bits per heavy atom. The van der Waals surface area contributed by atoms with Crippen LogP contribution in [0, 0.1) is 0 Å². The highest BCUT2D eigenvalue weighted by molar-refractivity contribution is 7.89. The second-order valence-electron chi connectivity index (χ2n) is 5.86. The van der Waals surface area contributed by atoms with Gasteiger partial charge in [0.2, 0.25) is 15.9 Å². The molecule has 1 aliphatic heterocycles. The third kappa shape index (κ3) is 4.15. The van der Waals surface area contributed by atoms with Gasteiger partial charge in [0.15, 0.2) is 0 Å². The van der Waals surface area contributed by atoms with E-state index >= 15 is 0 Å². The Morgan fingerprint density at radius 1 is 1.31 bits per heavy atom. The van der Waals surface area contributed by atoms with Crippen LogP contribution in [0.3, 0.4) is 0 Å². The predicted molar refractivity (Wildman–Crippen MR) is 83.6 cm³/mol. The molecule has 26 heavy (non-hydrogen) atoms. The molecular weight excluding hydrogens is 377 g/mol. The molecule has 1 unspecified atom stereocenters. The number of nitrogens with one attached hydrogen (secondary N) is 1. The maximum atomic E-state index is 13.0. The summed E-state index contributed by atoms with van der Waals surface area (Å²) in [4.78, 5) is 23.5. The zero-order valence-corrected chi connectivity index (χ0v) is 14.5.